The van der Waals surface area contributed by atoms with Crippen molar-refractivity contribution < 1.29 is 57.2 Å². The Morgan fingerprint density at radius 1 is 0.425 bits per heavy atom. The minimum Gasteiger partial charge on any atom is -0.358 e. The molecule has 2 unspecified atom stereocenters. The van der Waals surface area contributed by atoms with Crippen molar-refractivity contribution >= 4 is 26.9 Å². The van der Waals surface area contributed by atoms with E-state index in [4.69, 9.17) is 0 Å². The first kappa shape index (κ1) is 46.7. The minimum atomic E-state index is 0. The number of allylic oxidation sites excluding steroid dienone is 4. The summed E-state index contributed by atoms with van der Waals surface area (Å²) in [6.45, 7) is 0. The minimum absolute atomic E-state index is 0. The Labute approximate surface area is 303 Å². The maximum Gasteiger partial charge on any atom is 2.00 e. The maximum absolute atomic E-state index is 2.63. The molecule has 0 amide bonds. The summed E-state index contributed by atoms with van der Waals surface area (Å²) in [5.74, 6) is 6.17. The third kappa shape index (κ3) is 18.9. The Kier molecular flexibility index (Phi) is 35.0. The van der Waals surface area contributed by atoms with Gasteiger partial charge in [-0.05, 0) is 54.3 Å². The van der Waals surface area contributed by atoms with Crippen molar-refractivity contribution in [2.45, 2.75) is 135 Å². The third-order valence-electron chi connectivity index (χ3n) is 9.85. The van der Waals surface area contributed by atoms with Gasteiger partial charge in [0.25, 0.3) is 0 Å². The van der Waals surface area contributed by atoms with E-state index in [-0.39, 0.29) is 80.5 Å². The molecule has 6 aliphatic carbocycles. The van der Waals surface area contributed by atoms with Crippen molar-refractivity contribution in [1.82, 2.24) is 0 Å². The van der Waals surface area contributed by atoms with Crippen LogP contribution < -0.4 is 0 Å². The van der Waals surface area contributed by atoms with Crippen LogP contribution in [0.5, 0.6) is 0 Å². The Balaban J connectivity index is -0.000000464. The molecule has 5 heteroatoms. The summed E-state index contributed by atoms with van der Waals surface area (Å²) >= 11 is 0. The molecule has 0 spiro atoms. The summed E-state index contributed by atoms with van der Waals surface area (Å²) in [6.07, 6.45) is 43.7. The van der Waals surface area contributed by atoms with Crippen molar-refractivity contribution in [3.8, 4) is 0 Å². The van der Waals surface area contributed by atoms with Crippen molar-refractivity contribution in [2.24, 2.45) is 35.5 Å². The summed E-state index contributed by atoms with van der Waals surface area (Å²) < 4.78 is 0. The second-order valence-corrected chi connectivity index (χ2v) is 13.7. The van der Waals surface area contributed by atoms with Crippen LogP contribution >= 0.6 is 18.5 Å². The number of fused-ring (bicyclic) bond motifs is 2. The van der Waals surface area contributed by atoms with Gasteiger partial charge in [0, 0.05) is 46.2 Å². The Bertz CT molecular complexity index is 484. The Morgan fingerprint density at radius 2 is 0.625 bits per heavy atom. The zero-order valence-corrected chi connectivity index (χ0v) is 31.1. The first-order chi connectivity index (χ1) is 17.3. The van der Waals surface area contributed by atoms with Gasteiger partial charge in [-0.1, -0.05) is 153 Å². The molecule has 0 nitrogen and oxygen atoms in total. The summed E-state index contributed by atoms with van der Waals surface area (Å²) in [6, 6.07) is 0. The Hall–Kier alpha value is 2.29. The zero-order chi connectivity index (χ0) is 24.6. The van der Waals surface area contributed by atoms with Crippen LogP contribution in [0, 0.1) is 88.1 Å². The quantitative estimate of drug-likeness (QED) is 0.119. The fourth-order valence-corrected chi connectivity index (χ4v) is 7.75. The predicted molar refractivity (Wildman–Crippen MR) is 184 cm³/mol. The van der Waals surface area contributed by atoms with E-state index in [0.717, 1.165) is 35.5 Å². The summed E-state index contributed by atoms with van der Waals surface area (Å²) in [7, 11) is 5.27. The van der Waals surface area contributed by atoms with Gasteiger partial charge in [0.15, 0.2) is 0 Å². The van der Waals surface area contributed by atoms with Gasteiger partial charge in [-0.15, -0.1) is 18.5 Å². The van der Waals surface area contributed by atoms with E-state index >= 15 is 0 Å². The SMILES string of the molecule is C1=CC2C=CC1C2.C1CCC(C2CCCCC2)CC1.C1CCC(C2CCCCC2)CC1.PCCP.[Ar].[B].[CH3-].[CH3-].[Rh+2]. The van der Waals surface area contributed by atoms with Crippen LogP contribution in [0.15, 0.2) is 24.3 Å². The van der Waals surface area contributed by atoms with E-state index in [0.29, 0.717) is 0 Å². The second-order valence-electron chi connectivity index (χ2n) is 12.5. The average molecular weight is 703 g/mol. The maximum atomic E-state index is 2.63. The molecule has 4 radical (unpaired) electrons. The molecule has 40 heavy (non-hydrogen) atoms. The molecular weight excluding hydrogens is 636 g/mol. The van der Waals surface area contributed by atoms with Gasteiger partial charge in [0.2, 0.25) is 0 Å². The molecule has 0 aromatic carbocycles. The van der Waals surface area contributed by atoms with Crippen LogP contribution in [0.2, 0.25) is 0 Å². The summed E-state index contributed by atoms with van der Waals surface area (Å²) in [5.41, 5.74) is 0. The van der Waals surface area contributed by atoms with Crippen LogP contribution in [-0.2, 0) is 19.5 Å². The first-order valence-corrected chi connectivity index (χ1v) is 17.7. The van der Waals surface area contributed by atoms with Gasteiger partial charge in [-0.25, -0.2) is 0 Å². The van der Waals surface area contributed by atoms with Crippen molar-refractivity contribution in [3.63, 3.8) is 0 Å². The largest absolute Gasteiger partial charge is 2.00 e. The van der Waals surface area contributed by atoms with E-state index in [1.165, 1.54) is 95.8 Å². The first-order valence-electron chi connectivity index (χ1n) is 16.1. The Morgan fingerprint density at radius 3 is 0.750 bits per heavy atom. The van der Waals surface area contributed by atoms with Gasteiger partial charge >= 0.3 is 19.5 Å². The van der Waals surface area contributed by atoms with Crippen LogP contribution in [0.3, 0.4) is 0 Å². The van der Waals surface area contributed by atoms with Gasteiger partial charge in [-0.3, -0.25) is 0 Å². The van der Waals surface area contributed by atoms with Crippen molar-refractivity contribution in [2.75, 3.05) is 12.3 Å². The van der Waals surface area contributed by atoms with Gasteiger partial charge < -0.3 is 14.9 Å². The second kappa shape index (κ2) is 30.0. The standard InChI is InChI=1S/2C12H22.C7H8.C2H8P2.2CH3.Ar.B.Rh/c2*1-3-7-11(8-4-1)12-9-5-2-6-10-12;1-2-7-4-3-6(1)5-7;3-1-2-4;;;;;/h2*11-12H,1-10H2;1-4,6-7H,5H2;1-4H2;2*1H3;;;/q;;;;2*-1;;;+2. The number of hydrogen-bond donors (Lipinski definition) is 0. The zero-order valence-electron chi connectivity index (χ0n) is 26.5. The van der Waals surface area contributed by atoms with Crippen LogP contribution in [0.4, 0.5) is 0 Å². The number of hydrogen-bond acceptors (Lipinski definition) is 0. The molecule has 0 heterocycles. The molecule has 0 aromatic rings. The summed E-state index contributed by atoms with van der Waals surface area (Å²) in [4.78, 5) is 0. The number of rotatable bonds is 3. The molecule has 0 N–H and O–H groups in total. The van der Waals surface area contributed by atoms with Gasteiger partial charge in [-0.2, -0.15) is 0 Å². The fourth-order valence-electron chi connectivity index (χ4n) is 7.75. The molecule has 0 saturated heterocycles. The van der Waals surface area contributed by atoms with E-state index in [1.54, 1.807) is 51.4 Å². The molecule has 236 valence electrons. The summed E-state index contributed by atoms with van der Waals surface area (Å²) in [5, 5.41) is 0. The van der Waals surface area contributed by atoms with Crippen molar-refractivity contribution in [1.29, 1.82) is 0 Å². The third-order valence-corrected chi connectivity index (χ3v) is 11.2. The van der Waals surface area contributed by atoms with E-state index in [2.05, 4.69) is 42.8 Å². The van der Waals surface area contributed by atoms with E-state index in [1.807, 2.05) is 0 Å². The predicted octanol–water partition coefficient (Wildman–Crippen LogP) is 11.3. The van der Waals surface area contributed by atoms with Gasteiger partial charge in [0.05, 0.1) is 0 Å². The molecule has 2 atom stereocenters. The van der Waals surface area contributed by atoms with E-state index in [9.17, 15) is 0 Å². The van der Waals surface area contributed by atoms with Crippen LogP contribution in [0.25, 0.3) is 0 Å². The molecule has 6 rings (SSSR count). The topological polar surface area (TPSA) is 0 Å². The molecule has 0 aromatic heterocycles. The average Bonchev–Trinajstić information content (AvgIpc) is 3.63. The van der Waals surface area contributed by atoms with Crippen LogP contribution in [-0.4, -0.2) is 20.7 Å². The smallest absolute Gasteiger partial charge is 0.358 e. The van der Waals surface area contributed by atoms with E-state index < -0.39 is 0 Å². The van der Waals surface area contributed by atoms with Crippen LogP contribution in [0.1, 0.15) is 135 Å². The molecule has 4 saturated carbocycles. The normalized spacial score (nSPS) is 25.8. The molecule has 0 aliphatic heterocycles. The van der Waals surface area contributed by atoms with Gasteiger partial charge in [0.1, 0.15) is 0 Å². The van der Waals surface area contributed by atoms with Crippen molar-refractivity contribution in [3.05, 3.63) is 39.2 Å². The monoisotopic (exact) mass is 702 g/mol. The molecular formula is C35H66ArBP2Rh. The molecule has 2 bridgehead atoms. The molecule has 6 aliphatic rings. The fraction of sp³-hybridized carbons (Fsp3) is 0.829. The molecule has 4 fully saturated rings.